The van der Waals surface area contributed by atoms with Crippen LogP contribution in [0.2, 0.25) is 0 Å². The number of alkyl halides is 3. The molecular formula is C15H12BrF3N2OS. The Hall–Kier alpha value is -1.41. The zero-order chi connectivity index (χ0) is 16.6. The Morgan fingerprint density at radius 3 is 2.48 bits per heavy atom. The fraction of sp³-hybridized carbons (Fsp3) is 0.333. The summed E-state index contributed by atoms with van der Waals surface area (Å²) in [5.41, 5.74) is 1.78. The number of carbonyl (C=O) groups excluding carboxylic acids is 1. The normalized spacial score (nSPS) is 15.2. The fourth-order valence-electron chi connectivity index (χ4n) is 2.46. The molecule has 0 radical (unpaired) electrons. The number of amides is 1. The van der Waals surface area contributed by atoms with Gasteiger partial charge in [0, 0.05) is 40.8 Å². The summed E-state index contributed by atoms with van der Waals surface area (Å²) in [5.74, 6) is -1.76. The lowest BCUT2D eigenvalue weighted by molar-refractivity contribution is -0.185. The molecule has 0 saturated carbocycles. The zero-order valence-corrected chi connectivity index (χ0v) is 14.3. The van der Waals surface area contributed by atoms with Crippen LogP contribution in [0.25, 0.3) is 10.6 Å². The number of benzene rings is 1. The third-order valence-corrected chi connectivity index (χ3v) is 5.36. The molecule has 0 bridgehead atoms. The summed E-state index contributed by atoms with van der Waals surface area (Å²) in [7, 11) is 0. The highest BCUT2D eigenvalue weighted by molar-refractivity contribution is 9.10. The average Bonchev–Trinajstić information content (AvgIpc) is 2.80. The van der Waals surface area contributed by atoms with Gasteiger partial charge in [-0.05, 0) is 12.1 Å². The maximum absolute atomic E-state index is 12.5. The van der Waals surface area contributed by atoms with E-state index >= 15 is 0 Å². The number of thiazole rings is 1. The van der Waals surface area contributed by atoms with Crippen molar-refractivity contribution in [1.29, 1.82) is 0 Å². The molecule has 1 aliphatic rings. The first kappa shape index (κ1) is 16.4. The molecule has 122 valence electrons. The van der Waals surface area contributed by atoms with Crippen molar-refractivity contribution in [3.8, 4) is 10.6 Å². The van der Waals surface area contributed by atoms with E-state index in [0.29, 0.717) is 12.8 Å². The van der Waals surface area contributed by atoms with Crippen LogP contribution in [0, 0.1) is 0 Å². The maximum Gasteiger partial charge on any atom is 0.471 e. The van der Waals surface area contributed by atoms with Gasteiger partial charge in [-0.15, -0.1) is 11.3 Å². The van der Waals surface area contributed by atoms with E-state index in [4.69, 9.17) is 0 Å². The molecule has 0 unspecified atom stereocenters. The van der Waals surface area contributed by atoms with Crippen LogP contribution in [0.15, 0.2) is 28.7 Å². The highest BCUT2D eigenvalue weighted by Gasteiger charge is 2.42. The number of aromatic nitrogens is 1. The number of carbonyl (C=O) groups is 1. The van der Waals surface area contributed by atoms with Gasteiger partial charge in [0.25, 0.3) is 0 Å². The number of hydrogen-bond acceptors (Lipinski definition) is 3. The zero-order valence-electron chi connectivity index (χ0n) is 11.9. The van der Waals surface area contributed by atoms with Gasteiger partial charge in [-0.2, -0.15) is 13.2 Å². The standard InChI is InChI=1S/C15H12BrF3N2OS/c16-10-3-1-9(2-4-10)13-20-11-5-7-21(8-6-12(11)23-13)14(22)15(17,18)19/h1-4H,5-8H2. The summed E-state index contributed by atoms with van der Waals surface area (Å²) in [4.78, 5) is 17.7. The lowest BCUT2D eigenvalue weighted by Gasteiger charge is -2.21. The molecule has 2 aromatic rings. The van der Waals surface area contributed by atoms with Crippen LogP contribution < -0.4 is 0 Å². The Labute approximate surface area is 143 Å². The Bertz CT molecular complexity index is 702. The predicted molar refractivity (Wildman–Crippen MR) is 85.3 cm³/mol. The van der Waals surface area contributed by atoms with Crippen molar-refractivity contribution in [2.75, 3.05) is 13.1 Å². The van der Waals surface area contributed by atoms with Crippen LogP contribution in [-0.2, 0) is 17.6 Å². The Morgan fingerprint density at radius 2 is 1.83 bits per heavy atom. The molecule has 0 saturated heterocycles. The van der Waals surface area contributed by atoms with Crippen LogP contribution in [0.4, 0.5) is 13.2 Å². The van der Waals surface area contributed by atoms with E-state index in [1.54, 1.807) is 0 Å². The molecule has 23 heavy (non-hydrogen) atoms. The van der Waals surface area contributed by atoms with Crippen molar-refractivity contribution in [2.45, 2.75) is 19.0 Å². The maximum atomic E-state index is 12.5. The van der Waals surface area contributed by atoms with Crippen LogP contribution in [0.5, 0.6) is 0 Å². The minimum atomic E-state index is -4.81. The van der Waals surface area contributed by atoms with Crippen molar-refractivity contribution in [1.82, 2.24) is 9.88 Å². The quantitative estimate of drug-likeness (QED) is 0.717. The molecule has 1 aromatic heterocycles. The molecule has 8 heteroatoms. The van der Waals surface area contributed by atoms with Crippen LogP contribution in [0.1, 0.15) is 10.6 Å². The van der Waals surface area contributed by atoms with Crippen molar-refractivity contribution in [3.05, 3.63) is 39.3 Å². The highest BCUT2D eigenvalue weighted by Crippen LogP contribution is 2.31. The van der Waals surface area contributed by atoms with E-state index in [-0.39, 0.29) is 13.1 Å². The van der Waals surface area contributed by atoms with E-state index in [9.17, 15) is 18.0 Å². The van der Waals surface area contributed by atoms with E-state index in [1.807, 2.05) is 24.3 Å². The average molecular weight is 405 g/mol. The first-order valence-electron chi connectivity index (χ1n) is 6.95. The monoisotopic (exact) mass is 404 g/mol. The van der Waals surface area contributed by atoms with Crippen molar-refractivity contribution >= 4 is 33.2 Å². The number of nitrogens with zero attached hydrogens (tertiary/aromatic N) is 2. The summed E-state index contributed by atoms with van der Waals surface area (Å²) < 4.78 is 38.6. The number of fused-ring (bicyclic) bond motifs is 1. The van der Waals surface area contributed by atoms with Gasteiger partial charge in [0.15, 0.2) is 0 Å². The summed E-state index contributed by atoms with van der Waals surface area (Å²) in [5, 5.41) is 0.859. The topological polar surface area (TPSA) is 33.2 Å². The number of hydrogen-bond donors (Lipinski definition) is 0. The summed E-state index contributed by atoms with van der Waals surface area (Å²) >= 11 is 4.86. The smallest absolute Gasteiger partial charge is 0.334 e. The summed E-state index contributed by atoms with van der Waals surface area (Å²) in [6, 6.07) is 7.74. The number of halogens is 4. The first-order chi connectivity index (χ1) is 10.8. The molecular weight excluding hydrogens is 393 g/mol. The van der Waals surface area contributed by atoms with Gasteiger partial charge in [-0.1, -0.05) is 28.1 Å². The molecule has 3 nitrogen and oxygen atoms in total. The molecule has 3 rings (SSSR count). The molecule has 1 amide bonds. The third-order valence-electron chi connectivity index (χ3n) is 3.63. The van der Waals surface area contributed by atoms with Gasteiger partial charge in [0.05, 0.1) is 5.69 Å². The predicted octanol–water partition coefficient (Wildman–Crippen LogP) is 4.06. The minimum absolute atomic E-state index is 0.0505. The van der Waals surface area contributed by atoms with Crippen LogP contribution in [0.3, 0.4) is 0 Å². The Morgan fingerprint density at radius 1 is 1.17 bits per heavy atom. The second-order valence-corrected chi connectivity index (χ2v) is 7.19. The molecule has 1 aromatic carbocycles. The molecule has 0 fully saturated rings. The second-order valence-electron chi connectivity index (χ2n) is 5.19. The SMILES string of the molecule is O=C(N1CCc2nc(-c3ccc(Br)cc3)sc2CC1)C(F)(F)F. The van der Waals surface area contributed by atoms with Crippen molar-refractivity contribution < 1.29 is 18.0 Å². The first-order valence-corrected chi connectivity index (χ1v) is 8.56. The molecule has 2 heterocycles. The summed E-state index contributed by atoms with van der Waals surface area (Å²) in [6.45, 7) is 0.127. The molecule has 0 spiro atoms. The largest absolute Gasteiger partial charge is 0.471 e. The van der Waals surface area contributed by atoms with Gasteiger partial charge in [0.2, 0.25) is 0 Å². The molecule has 0 N–H and O–H groups in total. The van der Waals surface area contributed by atoms with Gasteiger partial charge < -0.3 is 4.90 Å². The van der Waals surface area contributed by atoms with Gasteiger partial charge in [0.1, 0.15) is 5.01 Å². The number of rotatable bonds is 1. The molecule has 0 aliphatic carbocycles. The van der Waals surface area contributed by atoms with Gasteiger partial charge in [-0.3, -0.25) is 4.79 Å². The van der Waals surface area contributed by atoms with E-state index in [1.165, 1.54) is 11.3 Å². The van der Waals surface area contributed by atoms with E-state index in [2.05, 4.69) is 20.9 Å². The second kappa shape index (κ2) is 6.24. The van der Waals surface area contributed by atoms with Gasteiger partial charge in [-0.25, -0.2) is 4.98 Å². The highest BCUT2D eigenvalue weighted by atomic mass is 79.9. The molecule has 0 atom stereocenters. The van der Waals surface area contributed by atoms with Gasteiger partial charge >= 0.3 is 12.1 Å². The lowest BCUT2D eigenvalue weighted by Crippen LogP contribution is -2.42. The minimum Gasteiger partial charge on any atom is -0.334 e. The third kappa shape index (κ3) is 3.58. The van der Waals surface area contributed by atoms with E-state index in [0.717, 1.165) is 30.5 Å². The fourth-order valence-corrected chi connectivity index (χ4v) is 3.83. The Balaban J connectivity index is 1.77. The van der Waals surface area contributed by atoms with Crippen molar-refractivity contribution in [2.24, 2.45) is 0 Å². The Kier molecular flexibility index (Phi) is 4.46. The molecule has 1 aliphatic heterocycles. The lowest BCUT2D eigenvalue weighted by atomic mass is 10.2. The van der Waals surface area contributed by atoms with Crippen LogP contribution >= 0.6 is 27.3 Å². The van der Waals surface area contributed by atoms with E-state index < -0.39 is 12.1 Å². The van der Waals surface area contributed by atoms with Crippen LogP contribution in [-0.4, -0.2) is 35.1 Å². The summed E-state index contributed by atoms with van der Waals surface area (Å²) in [6.07, 6.45) is -4.05. The van der Waals surface area contributed by atoms with Crippen molar-refractivity contribution in [3.63, 3.8) is 0 Å².